The first-order valence-corrected chi connectivity index (χ1v) is 10.7. The molecule has 1 aromatic heterocycles. The number of nitrogens with one attached hydrogen (secondary N) is 2. The highest BCUT2D eigenvalue weighted by Crippen LogP contribution is 2.36. The number of anilines is 1. The first-order chi connectivity index (χ1) is 11.9. The van der Waals surface area contributed by atoms with Gasteiger partial charge in [-0.15, -0.1) is 23.7 Å². The van der Waals surface area contributed by atoms with Gasteiger partial charge in [-0.1, -0.05) is 17.7 Å². The molecule has 4 nitrogen and oxygen atoms in total. The Labute approximate surface area is 168 Å². The number of benzene rings is 2. The molecule has 2 aromatic carbocycles. The van der Waals surface area contributed by atoms with E-state index in [0.717, 1.165) is 35.2 Å². The van der Waals surface area contributed by atoms with Crippen LogP contribution in [0.3, 0.4) is 0 Å². The molecule has 0 aliphatic carbocycles. The predicted octanol–water partition coefficient (Wildman–Crippen LogP) is 4.73. The summed E-state index contributed by atoms with van der Waals surface area (Å²) >= 11 is 7.31. The van der Waals surface area contributed by atoms with Crippen LogP contribution in [0, 0.1) is 6.92 Å². The summed E-state index contributed by atoms with van der Waals surface area (Å²) in [7, 11) is -3.64. The van der Waals surface area contributed by atoms with Gasteiger partial charge in [-0.2, -0.15) is 0 Å². The molecule has 0 unspecified atom stereocenters. The summed E-state index contributed by atoms with van der Waals surface area (Å²) in [5, 5.41) is 4.80. The van der Waals surface area contributed by atoms with E-state index in [2.05, 4.69) is 10.0 Å². The van der Waals surface area contributed by atoms with Crippen LogP contribution >= 0.6 is 35.3 Å². The van der Waals surface area contributed by atoms with Crippen molar-refractivity contribution in [3.05, 3.63) is 58.1 Å². The van der Waals surface area contributed by atoms with Gasteiger partial charge in [0.05, 0.1) is 0 Å². The highest BCUT2D eigenvalue weighted by Gasteiger charge is 2.22. The molecule has 2 N–H and O–H groups in total. The van der Waals surface area contributed by atoms with Crippen LogP contribution in [0.5, 0.6) is 0 Å². The maximum atomic E-state index is 12.9. The number of hydrogen-bond acceptors (Lipinski definition) is 4. The van der Waals surface area contributed by atoms with Gasteiger partial charge in [0, 0.05) is 22.0 Å². The lowest BCUT2D eigenvalue weighted by Gasteiger charge is -2.18. The zero-order chi connectivity index (χ0) is 17.6. The molecular weight excluding hydrogens is 411 g/mol. The molecule has 1 aliphatic heterocycles. The monoisotopic (exact) mass is 428 g/mol. The summed E-state index contributed by atoms with van der Waals surface area (Å²) in [5.41, 5.74) is 3.76. The molecule has 3 aromatic rings. The largest absolute Gasteiger partial charge is 0.312 e. The van der Waals surface area contributed by atoms with Gasteiger partial charge in [-0.05, 0) is 72.3 Å². The van der Waals surface area contributed by atoms with Crippen LogP contribution in [-0.2, 0) is 23.0 Å². The quantitative estimate of drug-likeness (QED) is 0.633. The Morgan fingerprint density at radius 2 is 1.96 bits per heavy atom. The van der Waals surface area contributed by atoms with Gasteiger partial charge in [0.2, 0.25) is 0 Å². The molecule has 0 fully saturated rings. The molecule has 0 saturated carbocycles. The van der Waals surface area contributed by atoms with Gasteiger partial charge < -0.3 is 5.32 Å². The highest BCUT2D eigenvalue weighted by atomic mass is 35.5. The third-order valence-electron chi connectivity index (χ3n) is 4.44. The third kappa shape index (κ3) is 3.57. The molecule has 0 saturated heterocycles. The van der Waals surface area contributed by atoms with Crippen molar-refractivity contribution in [3.63, 3.8) is 0 Å². The minimum Gasteiger partial charge on any atom is -0.312 e. The number of aryl methyl sites for hydroxylation is 1. The first kappa shape index (κ1) is 19.5. The topological polar surface area (TPSA) is 58.2 Å². The van der Waals surface area contributed by atoms with E-state index in [9.17, 15) is 8.42 Å². The molecule has 1 aliphatic rings. The zero-order valence-corrected chi connectivity index (χ0v) is 17.2. The van der Waals surface area contributed by atoms with Crippen LogP contribution in [0.2, 0.25) is 5.02 Å². The van der Waals surface area contributed by atoms with Crippen molar-refractivity contribution in [1.82, 2.24) is 5.32 Å². The molecule has 0 radical (unpaired) electrons. The standard InChI is InChI=1S/C18H17ClN2O2S2.ClH/c1-11-16-9-14(19)3-5-17(16)24-18(11)25(22,23)21-15-4-2-13-10-20-7-6-12(13)8-15;/h2-5,8-9,20-21H,6-7,10H2,1H3;1H. The molecule has 2 heterocycles. The van der Waals surface area contributed by atoms with E-state index < -0.39 is 10.0 Å². The maximum absolute atomic E-state index is 12.9. The molecule has 138 valence electrons. The fourth-order valence-corrected chi connectivity index (χ4v) is 6.14. The van der Waals surface area contributed by atoms with Crippen molar-refractivity contribution < 1.29 is 8.42 Å². The average molecular weight is 429 g/mol. The van der Waals surface area contributed by atoms with Crippen molar-refractivity contribution in [2.75, 3.05) is 11.3 Å². The molecule has 0 amide bonds. The van der Waals surface area contributed by atoms with E-state index in [0.29, 0.717) is 14.9 Å². The average Bonchev–Trinajstić information content (AvgIpc) is 2.92. The maximum Gasteiger partial charge on any atom is 0.271 e. The Morgan fingerprint density at radius 3 is 2.77 bits per heavy atom. The van der Waals surface area contributed by atoms with Crippen molar-refractivity contribution >= 4 is 61.1 Å². The highest BCUT2D eigenvalue weighted by molar-refractivity contribution is 7.94. The van der Waals surface area contributed by atoms with Gasteiger partial charge in [0.15, 0.2) is 0 Å². The summed E-state index contributed by atoms with van der Waals surface area (Å²) in [6.07, 6.45) is 0.908. The normalized spacial score (nSPS) is 13.9. The second kappa shape index (κ2) is 7.37. The smallest absolute Gasteiger partial charge is 0.271 e. The molecular formula is C18H18Cl2N2O2S2. The molecule has 0 bridgehead atoms. The van der Waals surface area contributed by atoms with Crippen LogP contribution in [0.4, 0.5) is 5.69 Å². The number of thiophene rings is 1. The van der Waals surface area contributed by atoms with E-state index in [1.807, 2.05) is 37.3 Å². The van der Waals surface area contributed by atoms with Crippen LogP contribution in [0.25, 0.3) is 10.1 Å². The Balaban J connectivity index is 0.00000196. The summed E-state index contributed by atoms with van der Waals surface area (Å²) in [6, 6.07) is 11.2. The van der Waals surface area contributed by atoms with Crippen molar-refractivity contribution in [2.24, 2.45) is 0 Å². The fraction of sp³-hybridized carbons (Fsp3) is 0.222. The van der Waals surface area contributed by atoms with Gasteiger partial charge in [0.1, 0.15) is 4.21 Å². The summed E-state index contributed by atoms with van der Waals surface area (Å²) in [6.45, 7) is 3.57. The molecule has 26 heavy (non-hydrogen) atoms. The summed E-state index contributed by atoms with van der Waals surface area (Å²) < 4.78 is 29.8. The second-order valence-electron chi connectivity index (χ2n) is 6.17. The van der Waals surface area contributed by atoms with Gasteiger partial charge in [-0.3, -0.25) is 4.72 Å². The number of fused-ring (bicyclic) bond motifs is 2. The molecule has 0 atom stereocenters. The Hall–Kier alpha value is -1.31. The fourth-order valence-electron chi connectivity index (χ4n) is 3.17. The van der Waals surface area contributed by atoms with Crippen molar-refractivity contribution in [3.8, 4) is 0 Å². The van der Waals surface area contributed by atoms with Gasteiger partial charge in [-0.25, -0.2) is 8.42 Å². The lowest BCUT2D eigenvalue weighted by atomic mass is 10.0. The number of sulfonamides is 1. The Bertz CT molecular complexity index is 1080. The van der Waals surface area contributed by atoms with Gasteiger partial charge >= 0.3 is 0 Å². The predicted molar refractivity (Wildman–Crippen MR) is 111 cm³/mol. The first-order valence-electron chi connectivity index (χ1n) is 7.98. The van der Waals surface area contributed by atoms with E-state index in [-0.39, 0.29) is 12.4 Å². The van der Waals surface area contributed by atoms with Gasteiger partial charge in [0.25, 0.3) is 10.0 Å². The SMILES string of the molecule is Cc1c(S(=O)(=O)Nc2ccc3c(c2)CCNC3)sc2ccc(Cl)cc12.Cl. The van der Waals surface area contributed by atoms with Crippen molar-refractivity contribution in [2.45, 2.75) is 24.1 Å². The van der Waals surface area contributed by atoms with Crippen LogP contribution in [-0.4, -0.2) is 15.0 Å². The third-order valence-corrected chi connectivity index (χ3v) is 7.95. The molecule has 0 spiro atoms. The summed E-state index contributed by atoms with van der Waals surface area (Å²) in [5.74, 6) is 0. The minimum atomic E-state index is -3.64. The lowest BCUT2D eigenvalue weighted by molar-refractivity contribution is 0.602. The second-order valence-corrected chi connectivity index (χ2v) is 9.54. The van der Waals surface area contributed by atoms with Crippen LogP contribution in [0.15, 0.2) is 40.6 Å². The molecule has 8 heteroatoms. The number of rotatable bonds is 3. The Kier molecular flexibility index (Phi) is 5.51. The number of halogens is 2. The van der Waals surface area contributed by atoms with E-state index >= 15 is 0 Å². The minimum absolute atomic E-state index is 0. The Morgan fingerprint density at radius 1 is 1.15 bits per heavy atom. The van der Waals surface area contributed by atoms with E-state index in [1.165, 1.54) is 22.5 Å². The molecule has 4 rings (SSSR count). The lowest BCUT2D eigenvalue weighted by Crippen LogP contribution is -2.23. The van der Waals surface area contributed by atoms with Crippen LogP contribution in [0.1, 0.15) is 16.7 Å². The van der Waals surface area contributed by atoms with E-state index in [1.54, 1.807) is 6.07 Å². The zero-order valence-electron chi connectivity index (χ0n) is 14.0. The van der Waals surface area contributed by atoms with E-state index in [4.69, 9.17) is 11.6 Å². The van der Waals surface area contributed by atoms with Crippen molar-refractivity contribution in [1.29, 1.82) is 0 Å². The summed E-state index contributed by atoms with van der Waals surface area (Å²) in [4.78, 5) is 0. The van der Waals surface area contributed by atoms with Crippen LogP contribution < -0.4 is 10.0 Å². The number of hydrogen-bond donors (Lipinski definition) is 2.